The number of fused-ring (bicyclic) bond motifs is 1. The van der Waals surface area contributed by atoms with E-state index in [1.165, 1.54) is 18.8 Å². The van der Waals surface area contributed by atoms with Crippen molar-refractivity contribution in [3.8, 4) is 22.9 Å². The summed E-state index contributed by atoms with van der Waals surface area (Å²) < 4.78 is 17.4. The lowest BCUT2D eigenvalue weighted by molar-refractivity contribution is 0.0951. The molecule has 0 radical (unpaired) electrons. The van der Waals surface area contributed by atoms with Crippen LogP contribution < -0.4 is 25.1 Å². The molecule has 0 aliphatic carbocycles. The van der Waals surface area contributed by atoms with Crippen LogP contribution in [0.3, 0.4) is 0 Å². The van der Waals surface area contributed by atoms with E-state index < -0.39 is 0 Å². The van der Waals surface area contributed by atoms with Crippen LogP contribution in [0.4, 0.5) is 0 Å². The first-order chi connectivity index (χ1) is 16.4. The average molecular weight is 478 g/mol. The number of aromatic nitrogens is 2. The summed E-state index contributed by atoms with van der Waals surface area (Å²) in [6, 6.07) is 17.4. The Morgan fingerprint density at radius 3 is 2.32 bits per heavy atom. The van der Waals surface area contributed by atoms with Crippen molar-refractivity contribution in [3.05, 3.63) is 86.9 Å². The van der Waals surface area contributed by atoms with Gasteiger partial charge < -0.3 is 24.5 Å². The molecule has 0 atom stereocenters. The van der Waals surface area contributed by atoms with Crippen LogP contribution in [0.25, 0.3) is 16.6 Å². The molecule has 3 aromatic carbocycles. The molecule has 9 heteroatoms. The smallest absolute Gasteiger partial charge is 0.266 e. The topological polar surface area (TPSA) is 94.6 Å². The first kappa shape index (κ1) is 23.1. The molecule has 0 unspecified atom stereocenters. The zero-order valence-corrected chi connectivity index (χ0v) is 19.7. The molecule has 1 aromatic heterocycles. The number of ether oxygens (including phenoxy) is 3. The number of aromatic amines is 1. The van der Waals surface area contributed by atoms with Crippen molar-refractivity contribution in [2.24, 2.45) is 0 Å². The maximum absolute atomic E-state index is 13.3. The van der Waals surface area contributed by atoms with Crippen LogP contribution in [0.5, 0.6) is 17.2 Å². The second-order valence-corrected chi connectivity index (χ2v) is 7.79. The second kappa shape index (κ2) is 9.80. The highest BCUT2D eigenvalue weighted by Crippen LogP contribution is 2.27. The maximum atomic E-state index is 13.3. The second-order valence-electron chi connectivity index (χ2n) is 7.40. The van der Waals surface area contributed by atoms with Gasteiger partial charge >= 0.3 is 0 Å². The fourth-order valence-corrected chi connectivity index (χ4v) is 3.87. The third kappa shape index (κ3) is 4.51. The predicted molar refractivity (Wildman–Crippen MR) is 132 cm³/mol. The number of H-pyrrole nitrogens is 1. The lowest BCUT2D eigenvalue weighted by atomic mass is 10.1. The minimum atomic E-state index is -0.338. The molecule has 1 amide bonds. The van der Waals surface area contributed by atoms with Gasteiger partial charge in [0, 0.05) is 18.2 Å². The van der Waals surface area contributed by atoms with Gasteiger partial charge in [-0.25, -0.2) is 4.57 Å². The van der Waals surface area contributed by atoms with Crippen LogP contribution in [-0.4, -0.2) is 36.8 Å². The van der Waals surface area contributed by atoms with Crippen LogP contribution in [0.15, 0.2) is 65.5 Å². The van der Waals surface area contributed by atoms with Crippen molar-refractivity contribution < 1.29 is 19.0 Å². The van der Waals surface area contributed by atoms with Gasteiger partial charge in [-0.2, -0.15) is 0 Å². The van der Waals surface area contributed by atoms with E-state index in [-0.39, 0.29) is 16.2 Å². The van der Waals surface area contributed by atoms with Gasteiger partial charge in [0.05, 0.1) is 37.9 Å². The van der Waals surface area contributed by atoms with E-state index in [1.807, 2.05) is 24.3 Å². The van der Waals surface area contributed by atoms with E-state index in [0.717, 1.165) is 11.3 Å². The largest absolute Gasteiger partial charge is 0.497 e. The highest BCUT2D eigenvalue weighted by atomic mass is 32.1. The molecule has 4 rings (SSSR count). The van der Waals surface area contributed by atoms with Crippen molar-refractivity contribution in [2.75, 3.05) is 21.3 Å². The van der Waals surface area contributed by atoms with Gasteiger partial charge in [0.15, 0.2) is 4.77 Å². The molecule has 0 spiro atoms. The lowest BCUT2D eigenvalue weighted by Crippen LogP contribution is -2.24. The molecule has 34 heavy (non-hydrogen) atoms. The molecule has 0 aliphatic rings. The third-order valence-electron chi connectivity index (χ3n) is 5.40. The van der Waals surface area contributed by atoms with Crippen molar-refractivity contribution >= 4 is 29.0 Å². The Morgan fingerprint density at radius 2 is 1.65 bits per heavy atom. The van der Waals surface area contributed by atoms with Crippen LogP contribution in [0.2, 0.25) is 0 Å². The molecule has 8 nitrogen and oxygen atoms in total. The summed E-state index contributed by atoms with van der Waals surface area (Å²) in [6.45, 7) is 0.355. The number of nitrogens with one attached hydrogen (secondary N) is 2. The van der Waals surface area contributed by atoms with Gasteiger partial charge in [0.25, 0.3) is 11.5 Å². The SMILES string of the molecule is COc1ccc(CNC(=O)c2ccc3c(=O)n(-c4cc(OC)ccc4OC)c(=S)[nH]c3c2)cc1. The molecule has 0 saturated carbocycles. The zero-order chi connectivity index (χ0) is 24.2. The predicted octanol–water partition coefficient (Wildman–Crippen LogP) is 4.00. The van der Waals surface area contributed by atoms with E-state index in [4.69, 9.17) is 26.4 Å². The Kier molecular flexibility index (Phi) is 6.65. The molecule has 174 valence electrons. The van der Waals surface area contributed by atoms with E-state index >= 15 is 0 Å². The molecule has 1 heterocycles. The van der Waals surface area contributed by atoms with E-state index in [9.17, 15) is 9.59 Å². The Hall–Kier alpha value is -4.11. The molecule has 2 N–H and O–H groups in total. The van der Waals surface area contributed by atoms with Crippen molar-refractivity contribution in [1.82, 2.24) is 14.9 Å². The third-order valence-corrected chi connectivity index (χ3v) is 5.68. The van der Waals surface area contributed by atoms with Crippen LogP contribution in [0, 0.1) is 4.77 Å². The summed E-state index contributed by atoms with van der Waals surface area (Å²) >= 11 is 5.48. The normalized spacial score (nSPS) is 10.7. The van der Waals surface area contributed by atoms with Crippen LogP contribution in [0.1, 0.15) is 15.9 Å². The number of carbonyl (C=O) groups excluding carboxylic acids is 1. The van der Waals surface area contributed by atoms with Gasteiger partial charge in [-0.15, -0.1) is 0 Å². The summed E-state index contributed by atoms with van der Waals surface area (Å²) in [6.07, 6.45) is 0. The molecular formula is C25H23N3O5S. The summed E-state index contributed by atoms with van der Waals surface area (Å²) in [4.78, 5) is 29.1. The number of carbonyl (C=O) groups is 1. The first-order valence-electron chi connectivity index (χ1n) is 10.4. The minimum Gasteiger partial charge on any atom is -0.497 e. The Bertz CT molecular complexity index is 1480. The number of benzene rings is 3. The zero-order valence-electron chi connectivity index (χ0n) is 18.9. The Labute approximate surface area is 200 Å². The number of nitrogens with zero attached hydrogens (tertiary/aromatic N) is 1. The summed E-state index contributed by atoms with van der Waals surface area (Å²) in [7, 11) is 4.65. The fourth-order valence-electron chi connectivity index (χ4n) is 3.58. The number of amides is 1. The number of methoxy groups -OCH3 is 3. The van der Waals surface area contributed by atoms with Gasteiger partial charge in [-0.05, 0) is 60.2 Å². The van der Waals surface area contributed by atoms with Gasteiger partial charge in [0.1, 0.15) is 17.2 Å². The van der Waals surface area contributed by atoms with E-state index in [2.05, 4.69) is 10.3 Å². The molecule has 0 saturated heterocycles. The molecular weight excluding hydrogens is 454 g/mol. The molecule has 0 aliphatic heterocycles. The van der Waals surface area contributed by atoms with E-state index in [1.54, 1.807) is 43.5 Å². The van der Waals surface area contributed by atoms with Crippen molar-refractivity contribution in [1.29, 1.82) is 0 Å². The Morgan fingerprint density at radius 1 is 0.941 bits per heavy atom. The maximum Gasteiger partial charge on any atom is 0.266 e. The summed E-state index contributed by atoms with van der Waals surface area (Å²) in [5.41, 5.74) is 1.92. The lowest BCUT2D eigenvalue weighted by Gasteiger charge is -2.14. The van der Waals surface area contributed by atoms with Crippen LogP contribution in [-0.2, 0) is 6.54 Å². The Balaban J connectivity index is 1.66. The van der Waals surface area contributed by atoms with Gasteiger partial charge in [0.2, 0.25) is 0 Å². The van der Waals surface area contributed by atoms with Crippen LogP contribution >= 0.6 is 12.2 Å². The van der Waals surface area contributed by atoms with Crippen molar-refractivity contribution in [3.63, 3.8) is 0 Å². The van der Waals surface area contributed by atoms with E-state index in [0.29, 0.717) is 40.2 Å². The summed E-state index contributed by atoms with van der Waals surface area (Å²) in [5.74, 6) is 1.50. The number of hydrogen-bond donors (Lipinski definition) is 2. The molecule has 0 bridgehead atoms. The van der Waals surface area contributed by atoms with Gasteiger partial charge in [-0.1, -0.05) is 12.1 Å². The van der Waals surface area contributed by atoms with Gasteiger partial charge in [-0.3, -0.25) is 9.59 Å². The van der Waals surface area contributed by atoms with Crippen molar-refractivity contribution in [2.45, 2.75) is 6.54 Å². The first-order valence-corrected chi connectivity index (χ1v) is 10.8. The molecule has 4 aromatic rings. The number of rotatable bonds is 7. The monoisotopic (exact) mass is 477 g/mol. The summed E-state index contributed by atoms with van der Waals surface area (Å²) in [5, 5.41) is 3.26. The minimum absolute atomic E-state index is 0.167. The highest BCUT2D eigenvalue weighted by Gasteiger charge is 2.15. The fraction of sp³-hybridized carbons (Fsp3) is 0.160. The highest BCUT2D eigenvalue weighted by molar-refractivity contribution is 7.71. The quantitative estimate of drug-likeness (QED) is 0.391. The molecule has 0 fully saturated rings. The standard InChI is InChI=1S/C25H23N3O5S/c1-31-17-7-4-15(5-8-17)14-26-23(29)16-6-10-19-20(12-16)27-25(34)28(24(19)30)21-13-18(32-2)9-11-22(21)33-3/h4-13H,14H2,1-3H3,(H,26,29)(H,27,34). The average Bonchev–Trinajstić information content (AvgIpc) is 2.87. The number of hydrogen-bond acceptors (Lipinski definition) is 6.